The highest BCUT2D eigenvalue weighted by molar-refractivity contribution is 5.27. The Kier molecular flexibility index (Phi) is 5.26. The van der Waals surface area contributed by atoms with Crippen LogP contribution in [0.4, 0.5) is 0 Å². The molecule has 0 aliphatic rings. The summed E-state index contributed by atoms with van der Waals surface area (Å²) in [5.74, 6) is 0.569. The molecular weight excluding hydrogens is 276 g/mol. The van der Waals surface area contributed by atoms with Crippen LogP contribution in [0.5, 0.6) is 0 Å². The van der Waals surface area contributed by atoms with Crippen LogP contribution in [0.3, 0.4) is 0 Å². The Balaban J connectivity index is 1.75. The van der Waals surface area contributed by atoms with Gasteiger partial charge >= 0.3 is 0 Å². The molecule has 0 nitrogen and oxygen atoms in total. The van der Waals surface area contributed by atoms with Gasteiger partial charge in [0.15, 0.2) is 0 Å². The first-order chi connectivity index (χ1) is 11.3. The summed E-state index contributed by atoms with van der Waals surface area (Å²) in [7, 11) is 0. The highest BCUT2D eigenvalue weighted by Crippen LogP contribution is 2.26. The van der Waals surface area contributed by atoms with Crippen LogP contribution in [0.2, 0.25) is 0 Å². The number of hydrogen-bond acceptors (Lipinski definition) is 0. The highest BCUT2D eigenvalue weighted by atomic mass is 14.2. The van der Waals surface area contributed by atoms with E-state index in [0.717, 1.165) is 12.8 Å². The predicted octanol–water partition coefficient (Wildman–Crippen LogP) is 5.95. The minimum absolute atomic E-state index is 0.569. The minimum Gasteiger partial charge on any atom is -0.0622 e. The first kappa shape index (κ1) is 15.6. The lowest BCUT2D eigenvalue weighted by Gasteiger charge is -2.18. The molecule has 3 aromatic carbocycles. The van der Waals surface area contributed by atoms with Crippen molar-refractivity contribution in [1.82, 2.24) is 0 Å². The molecule has 3 aromatic rings. The van der Waals surface area contributed by atoms with Gasteiger partial charge in [0, 0.05) is 0 Å². The van der Waals surface area contributed by atoms with Crippen LogP contribution in [-0.2, 0) is 12.8 Å². The van der Waals surface area contributed by atoms with E-state index >= 15 is 0 Å². The van der Waals surface area contributed by atoms with E-state index in [2.05, 4.69) is 91.9 Å². The molecule has 0 spiro atoms. The molecule has 1 atom stereocenters. The summed E-state index contributed by atoms with van der Waals surface area (Å²) in [6.45, 7) is 2.15. The molecule has 0 bridgehead atoms. The van der Waals surface area contributed by atoms with Crippen LogP contribution < -0.4 is 0 Å². The molecule has 0 N–H and O–H groups in total. The van der Waals surface area contributed by atoms with Crippen molar-refractivity contribution in [1.29, 1.82) is 0 Å². The van der Waals surface area contributed by atoms with Gasteiger partial charge in [-0.15, -0.1) is 0 Å². The molecule has 3 rings (SSSR count). The molecule has 0 saturated carbocycles. The van der Waals surface area contributed by atoms with Crippen molar-refractivity contribution in [3.8, 4) is 0 Å². The molecule has 0 saturated heterocycles. The van der Waals surface area contributed by atoms with Crippen LogP contribution in [0.1, 0.15) is 34.6 Å². The molecule has 0 aliphatic carbocycles. The molecule has 0 aromatic heterocycles. The average molecular weight is 300 g/mol. The summed E-state index contributed by atoms with van der Waals surface area (Å²) < 4.78 is 0. The summed E-state index contributed by atoms with van der Waals surface area (Å²) in [5, 5.41) is 0. The number of aryl methyl sites for hydroxylation is 2. The third-order valence-electron chi connectivity index (χ3n) is 4.50. The zero-order valence-corrected chi connectivity index (χ0v) is 13.8. The Morgan fingerprint density at radius 3 is 1.91 bits per heavy atom. The van der Waals surface area contributed by atoms with Gasteiger partial charge in [-0.25, -0.2) is 0 Å². The van der Waals surface area contributed by atoms with E-state index < -0.39 is 0 Å². The molecular formula is C23H24. The first-order valence-electron chi connectivity index (χ1n) is 8.46. The number of rotatable bonds is 6. The highest BCUT2D eigenvalue weighted by Gasteiger charge is 2.12. The number of benzene rings is 3. The average Bonchev–Trinajstić information content (AvgIpc) is 2.62. The van der Waals surface area contributed by atoms with Gasteiger partial charge in [-0.3, -0.25) is 0 Å². The Morgan fingerprint density at radius 1 is 0.652 bits per heavy atom. The Bertz CT molecular complexity index is 696. The normalized spacial score (nSPS) is 12.0. The van der Waals surface area contributed by atoms with Crippen molar-refractivity contribution < 1.29 is 0 Å². The fourth-order valence-corrected chi connectivity index (χ4v) is 3.11. The van der Waals surface area contributed by atoms with E-state index in [4.69, 9.17) is 0 Å². The van der Waals surface area contributed by atoms with Gasteiger partial charge in [0.1, 0.15) is 0 Å². The van der Waals surface area contributed by atoms with Crippen LogP contribution in [0, 0.1) is 6.92 Å². The SMILES string of the molecule is Cc1ccc(CC(CCc2ccccc2)c2ccccc2)cc1. The van der Waals surface area contributed by atoms with Crippen molar-refractivity contribution in [3.05, 3.63) is 107 Å². The van der Waals surface area contributed by atoms with Crippen LogP contribution in [-0.4, -0.2) is 0 Å². The fourth-order valence-electron chi connectivity index (χ4n) is 3.11. The lowest BCUT2D eigenvalue weighted by Crippen LogP contribution is -2.05. The second-order valence-electron chi connectivity index (χ2n) is 6.32. The largest absolute Gasteiger partial charge is 0.0622 e. The third kappa shape index (κ3) is 4.56. The second kappa shape index (κ2) is 7.78. The smallest absolute Gasteiger partial charge is 0.0118 e. The maximum atomic E-state index is 2.27. The van der Waals surface area contributed by atoms with Crippen LogP contribution in [0.25, 0.3) is 0 Å². The van der Waals surface area contributed by atoms with Gasteiger partial charge in [0.2, 0.25) is 0 Å². The van der Waals surface area contributed by atoms with Crippen molar-refractivity contribution in [2.45, 2.75) is 32.1 Å². The molecule has 116 valence electrons. The zero-order valence-electron chi connectivity index (χ0n) is 13.8. The van der Waals surface area contributed by atoms with Gasteiger partial charge in [0.25, 0.3) is 0 Å². The molecule has 0 aliphatic heterocycles. The predicted molar refractivity (Wildman–Crippen MR) is 98.8 cm³/mol. The monoisotopic (exact) mass is 300 g/mol. The van der Waals surface area contributed by atoms with Crippen molar-refractivity contribution in [3.63, 3.8) is 0 Å². The van der Waals surface area contributed by atoms with Gasteiger partial charge in [-0.2, -0.15) is 0 Å². The standard InChI is InChI=1S/C23H24/c1-19-12-14-21(15-13-19)18-23(22-10-6-3-7-11-22)17-16-20-8-4-2-5-9-20/h2-15,23H,16-18H2,1H3. The first-order valence-corrected chi connectivity index (χ1v) is 8.46. The molecule has 0 fully saturated rings. The van der Waals surface area contributed by atoms with Crippen molar-refractivity contribution in [2.24, 2.45) is 0 Å². The summed E-state index contributed by atoms with van der Waals surface area (Å²) in [4.78, 5) is 0. The van der Waals surface area contributed by atoms with E-state index in [1.807, 2.05) is 0 Å². The van der Waals surface area contributed by atoms with Gasteiger partial charge in [-0.1, -0.05) is 90.5 Å². The summed E-state index contributed by atoms with van der Waals surface area (Å²) in [5.41, 5.74) is 5.63. The molecule has 0 radical (unpaired) electrons. The summed E-state index contributed by atoms with van der Waals surface area (Å²) in [6.07, 6.45) is 3.42. The summed E-state index contributed by atoms with van der Waals surface area (Å²) in [6, 6.07) is 30.7. The lowest BCUT2D eigenvalue weighted by molar-refractivity contribution is 0.621. The second-order valence-corrected chi connectivity index (χ2v) is 6.32. The van der Waals surface area contributed by atoms with Crippen molar-refractivity contribution >= 4 is 0 Å². The van der Waals surface area contributed by atoms with E-state index in [1.54, 1.807) is 0 Å². The minimum atomic E-state index is 0.569. The lowest BCUT2D eigenvalue weighted by atomic mass is 9.87. The Hall–Kier alpha value is -2.34. The van der Waals surface area contributed by atoms with Crippen LogP contribution >= 0.6 is 0 Å². The molecule has 0 heterocycles. The van der Waals surface area contributed by atoms with E-state index in [1.165, 1.54) is 28.7 Å². The van der Waals surface area contributed by atoms with Gasteiger partial charge in [0.05, 0.1) is 0 Å². The van der Waals surface area contributed by atoms with Crippen molar-refractivity contribution in [2.75, 3.05) is 0 Å². The van der Waals surface area contributed by atoms with E-state index in [-0.39, 0.29) is 0 Å². The van der Waals surface area contributed by atoms with Crippen LogP contribution in [0.15, 0.2) is 84.9 Å². The van der Waals surface area contributed by atoms with Gasteiger partial charge in [-0.05, 0) is 48.8 Å². The van der Waals surface area contributed by atoms with E-state index in [0.29, 0.717) is 5.92 Å². The molecule has 0 heteroatoms. The van der Waals surface area contributed by atoms with Gasteiger partial charge < -0.3 is 0 Å². The molecule has 23 heavy (non-hydrogen) atoms. The zero-order chi connectivity index (χ0) is 15.9. The topological polar surface area (TPSA) is 0 Å². The third-order valence-corrected chi connectivity index (χ3v) is 4.50. The Morgan fingerprint density at radius 2 is 1.26 bits per heavy atom. The fraction of sp³-hybridized carbons (Fsp3) is 0.217. The van der Waals surface area contributed by atoms with E-state index in [9.17, 15) is 0 Å². The maximum Gasteiger partial charge on any atom is -0.0118 e. The Labute approximate surface area is 139 Å². The maximum absolute atomic E-state index is 2.27. The quantitative estimate of drug-likeness (QED) is 0.527. The molecule has 1 unspecified atom stereocenters. The number of hydrogen-bond donors (Lipinski definition) is 0. The molecule has 0 amide bonds. The summed E-state index contributed by atoms with van der Waals surface area (Å²) >= 11 is 0.